The van der Waals surface area contributed by atoms with Crippen molar-refractivity contribution in [1.82, 2.24) is 0 Å². The van der Waals surface area contributed by atoms with Crippen molar-refractivity contribution in [1.29, 1.82) is 5.26 Å². The molecule has 0 heterocycles. The summed E-state index contributed by atoms with van der Waals surface area (Å²) in [7, 11) is 1.76. The fourth-order valence-corrected chi connectivity index (χ4v) is 9.67. The zero-order valence-corrected chi connectivity index (χ0v) is 21.7. The lowest BCUT2D eigenvalue weighted by atomic mass is 9.41. The second-order valence-corrected chi connectivity index (χ2v) is 13.3. The standard InChI is InChI=1S/C29H49NO2/c1-19(2)8-7-9-20(3)24-10-11-25-23-16-21(18-30)29(31)17-22(32-6)12-15-28(29,5)26(23)13-14-27(24,25)4/h19-26,31H,7-17H2,1-6H3/t20-,21+,22+,23+,24-,25-,26-,27-,28-,29+/m1/s1. The van der Waals surface area contributed by atoms with Crippen LogP contribution >= 0.6 is 0 Å². The Morgan fingerprint density at radius 2 is 1.78 bits per heavy atom. The molecule has 0 aromatic carbocycles. The number of methoxy groups -OCH3 is 1. The van der Waals surface area contributed by atoms with Gasteiger partial charge in [-0.2, -0.15) is 5.26 Å². The van der Waals surface area contributed by atoms with E-state index in [0.717, 1.165) is 42.9 Å². The lowest BCUT2D eigenvalue weighted by molar-refractivity contribution is -0.239. The van der Waals surface area contributed by atoms with Crippen LogP contribution in [0.3, 0.4) is 0 Å². The van der Waals surface area contributed by atoms with E-state index in [1.807, 2.05) is 0 Å². The van der Waals surface area contributed by atoms with Crippen molar-refractivity contribution in [3.8, 4) is 6.07 Å². The average molecular weight is 444 g/mol. The van der Waals surface area contributed by atoms with Crippen molar-refractivity contribution in [3.63, 3.8) is 0 Å². The summed E-state index contributed by atoms with van der Waals surface area (Å²) in [4.78, 5) is 0. The Labute approximate surface area is 197 Å². The Morgan fingerprint density at radius 1 is 1.03 bits per heavy atom. The molecule has 0 aromatic rings. The third kappa shape index (κ3) is 3.67. The van der Waals surface area contributed by atoms with Crippen LogP contribution in [-0.2, 0) is 4.74 Å². The van der Waals surface area contributed by atoms with Crippen LogP contribution in [0.25, 0.3) is 0 Å². The number of hydrogen-bond donors (Lipinski definition) is 1. The van der Waals surface area contributed by atoms with Gasteiger partial charge in [-0.05, 0) is 85.9 Å². The number of hydrogen-bond acceptors (Lipinski definition) is 3. The van der Waals surface area contributed by atoms with Crippen LogP contribution in [0.4, 0.5) is 0 Å². The first-order valence-electron chi connectivity index (χ1n) is 13.8. The van der Waals surface area contributed by atoms with Gasteiger partial charge >= 0.3 is 0 Å². The molecule has 3 nitrogen and oxygen atoms in total. The number of ether oxygens (including phenoxy) is 1. The molecule has 0 unspecified atom stereocenters. The minimum Gasteiger partial charge on any atom is -0.388 e. The largest absolute Gasteiger partial charge is 0.388 e. The summed E-state index contributed by atoms with van der Waals surface area (Å²) in [6.07, 6.45) is 13.0. The topological polar surface area (TPSA) is 53.2 Å². The molecule has 4 saturated carbocycles. The number of nitriles is 1. The van der Waals surface area contributed by atoms with Crippen LogP contribution in [0.5, 0.6) is 0 Å². The van der Waals surface area contributed by atoms with Crippen LogP contribution in [0.1, 0.15) is 105 Å². The summed E-state index contributed by atoms with van der Waals surface area (Å²) < 4.78 is 5.68. The van der Waals surface area contributed by atoms with Gasteiger partial charge in [0.25, 0.3) is 0 Å². The molecule has 0 saturated heterocycles. The van der Waals surface area contributed by atoms with Crippen molar-refractivity contribution in [3.05, 3.63) is 0 Å². The van der Waals surface area contributed by atoms with E-state index in [0.29, 0.717) is 23.7 Å². The van der Waals surface area contributed by atoms with Crippen LogP contribution in [0.2, 0.25) is 0 Å². The minimum atomic E-state index is -0.891. The van der Waals surface area contributed by atoms with Crippen LogP contribution in [0, 0.1) is 63.6 Å². The SMILES string of the molecule is CO[C@H]1CC[C@]2(C)[C@@H]3CC[C@@]4(C)[C@H](CC[C@@H]4[C@H](C)CCCC(C)C)[C@@H]3C[C@@H](C#N)[C@@]2(O)C1. The number of nitrogens with zero attached hydrogens (tertiary/aromatic N) is 1. The summed E-state index contributed by atoms with van der Waals surface area (Å²) in [5.41, 5.74) is -0.612. The van der Waals surface area contributed by atoms with Crippen molar-refractivity contribution in [2.75, 3.05) is 7.11 Å². The van der Waals surface area contributed by atoms with Gasteiger partial charge in [0, 0.05) is 18.9 Å². The quantitative estimate of drug-likeness (QED) is 0.481. The van der Waals surface area contributed by atoms with Crippen LogP contribution in [0.15, 0.2) is 0 Å². The molecule has 0 spiro atoms. The van der Waals surface area contributed by atoms with Crippen molar-refractivity contribution in [2.24, 2.45) is 52.3 Å². The maximum atomic E-state index is 12.0. The first kappa shape index (κ1) is 24.5. The Kier molecular flexibility index (Phi) is 6.81. The van der Waals surface area contributed by atoms with Crippen molar-refractivity contribution >= 4 is 0 Å². The molecule has 0 radical (unpaired) electrons. The van der Waals surface area contributed by atoms with E-state index in [-0.39, 0.29) is 17.4 Å². The van der Waals surface area contributed by atoms with Crippen molar-refractivity contribution in [2.45, 2.75) is 117 Å². The summed E-state index contributed by atoms with van der Waals surface area (Å²) in [5.74, 6) is 4.09. The molecule has 0 amide bonds. The van der Waals surface area contributed by atoms with Gasteiger partial charge in [-0.3, -0.25) is 0 Å². The predicted molar refractivity (Wildman–Crippen MR) is 130 cm³/mol. The molecule has 0 aromatic heterocycles. The molecule has 4 rings (SSSR count). The fourth-order valence-electron chi connectivity index (χ4n) is 9.67. The van der Waals surface area contributed by atoms with Crippen molar-refractivity contribution < 1.29 is 9.84 Å². The molecule has 4 fully saturated rings. The third-order valence-corrected chi connectivity index (χ3v) is 11.5. The Hall–Kier alpha value is -0.590. The van der Waals surface area contributed by atoms with E-state index in [2.05, 4.69) is 40.7 Å². The van der Waals surface area contributed by atoms with E-state index in [1.54, 1.807) is 7.11 Å². The lowest BCUT2D eigenvalue weighted by Gasteiger charge is -2.65. The van der Waals surface area contributed by atoms with E-state index in [1.165, 1.54) is 44.9 Å². The fraction of sp³-hybridized carbons (Fsp3) is 0.966. The molecule has 1 N–H and O–H groups in total. The van der Waals surface area contributed by atoms with E-state index < -0.39 is 5.60 Å². The third-order valence-electron chi connectivity index (χ3n) is 11.5. The second kappa shape index (κ2) is 8.88. The first-order chi connectivity index (χ1) is 15.1. The molecule has 0 aliphatic heterocycles. The normalized spacial score (nSPS) is 49.1. The van der Waals surface area contributed by atoms with Gasteiger partial charge in [0.05, 0.1) is 23.7 Å². The van der Waals surface area contributed by atoms with Gasteiger partial charge in [0.2, 0.25) is 0 Å². The van der Waals surface area contributed by atoms with E-state index in [4.69, 9.17) is 4.74 Å². The summed E-state index contributed by atoms with van der Waals surface area (Å²) >= 11 is 0. The van der Waals surface area contributed by atoms with E-state index in [9.17, 15) is 10.4 Å². The Morgan fingerprint density at radius 3 is 2.44 bits per heavy atom. The Bertz CT molecular complexity index is 714. The maximum Gasteiger partial charge on any atom is 0.0885 e. The monoisotopic (exact) mass is 443 g/mol. The van der Waals surface area contributed by atoms with Crippen LogP contribution < -0.4 is 0 Å². The lowest BCUT2D eigenvalue weighted by Crippen LogP contribution is -2.66. The van der Waals surface area contributed by atoms with Gasteiger partial charge in [-0.15, -0.1) is 0 Å². The smallest absolute Gasteiger partial charge is 0.0885 e. The molecule has 10 atom stereocenters. The molecular formula is C29H49NO2. The van der Waals surface area contributed by atoms with E-state index >= 15 is 0 Å². The van der Waals surface area contributed by atoms with Gasteiger partial charge in [0.15, 0.2) is 0 Å². The highest BCUT2D eigenvalue weighted by atomic mass is 16.5. The zero-order valence-electron chi connectivity index (χ0n) is 21.7. The molecule has 3 heteroatoms. The molecular weight excluding hydrogens is 394 g/mol. The summed E-state index contributed by atoms with van der Waals surface area (Å²) in [6.45, 7) is 12.2. The Balaban J connectivity index is 1.56. The highest BCUT2D eigenvalue weighted by Gasteiger charge is 2.67. The average Bonchev–Trinajstić information content (AvgIpc) is 3.10. The summed E-state index contributed by atoms with van der Waals surface area (Å²) in [5, 5.41) is 22.2. The minimum absolute atomic E-state index is 0.0943. The molecule has 4 aliphatic rings. The molecule has 4 aliphatic carbocycles. The molecule has 32 heavy (non-hydrogen) atoms. The highest BCUT2D eigenvalue weighted by Crippen LogP contribution is 2.70. The second-order valence-electron chi connectivity index (χ2n) is 13.3. The number of aliphatic hydroxyl groups is 1. The highest BCUT2D eigenvalue weighted by molar-refractivity contribution is 5.20. The molecule has 182 valence electrons. The van der Waals surface area contributed by atoms with Crippen LogP contribution in [-0.4, -0.2) is 23.9 Å². The zero-order chi connectivity index (χ0) is 23.3. The van der Waals surface area contributed by atoms with Gasteiger partial charge in [-0.25, -0.2) is 0 Å². The predicted octanol–water partition coefficient (Wildman–Crippen LogP) is 6.99. The summed E-state index contributed by atoms with van der Waals surface area (Å²) in [6, 6.07) is 2.61. The van der Waals surface area contributed by atoms with Gasteiger partial charge in [-0.1, -0.05) is 53.9 Å². The maximum absolute atomic E-state index is 12.0. The molecule has 0 bridgehead atoms. The van der Waals surface area contributed by atoms with Gasteiger partial charge in [0.1, 0.15) is 0 Å². The number of fused-ring (bicyclic) bond motifs is 5. The first-order valence-corrected chi connectivity index (χ1v) is 13.8. The number of rotatable bonds is 6. The van der Waals surface area contributed by atoms with Gasteiger partial charge < -0.3 is 9.84 Å².